The molecule has 0 atom stereocenters. The van der Waals surface area contributed by atoms with Crippen LogP contribution in [0.2, 0.25) is 0 Å². The SMILES string of the molecule is C1=C\c2ccccc2/C=C/CC/1. The Morgan fingerprint density at radius 2 is 1.25 bits per heavy atom. The molecule has 0 spiro atoms. The molecule has 60 valence electrons. The molecule has 0 radical (unpaired) electrons. The van der Waals surface area contributed by atoms with Gasteiger partial charge in [-0.15, -0.1) is 0 Å². The van der Waals surface area contributed by atoms with Crippen molar-refractivity contribution in [3.05, 3.63) is 47.5 Å². The fourth-order valence-corrected chi connectivity index (χ4v) is 1.43. The van der Waals surface area contributed by atoms with Crippen molar-refractivity contribution in [3.8, 4) is 0 Å². The van der Waals surface area contributed by atoms with Gasteiger partial charge in [0.25, 0.3) is 0 Å². The standard InChI is InChI=1S/C12H12/c1-2-4-8-12-10-6-5-9-11(12)7-3-1/h3-10H,1-2H2/b7-3-,8-4+. The lowest BCUT2D eigenvalue weighted by molar-refractivity contribution is 1.06. The van der Waals surface area contributed by atoms with E-state index >= 15 is 0 Å². The molecule has 0 amide bonds. The Labute approximate surface area is 73.2 Å². The van der Waals surface area contributed by atoms with E-state index in [9.17, 15) is 0 Å². The monoisotopic (exact) mass is 156 g/mol. The zero-order valence-corrected chi connectivity index (χ0v) is 7.03. The number of rotatable bonds is 0. The normalized spacial score (nSPS) is 20.3. The highest BCUT2D eigenvalue weighted by Crippen LogP contribution is 2.15. The molecule has 1 aliphatic rings. The van der Waals surface area contributed by atoms with Crippen LogP contribution in [0.3, 0.4) is 0 Å². The lowest BCUT2D eigenvalue weighted by Crippen LogP contribution is -1.81. The molecule has 1 aliphatic carbocycles. The third-order valence-corrected chi connectivity index (χ3v) is 2.09. The van der Waals surface area contributed by atoms with Gasteiger partial charge in [0.2, 0.25) is 0 Å². The molecule has 0 saturated carbocycles. The zero-order chi connectivity index (χ0) is 8.23. The topological polar surface area (TPSA) is 0 Å². The third-order valence-electron chi connectivity index (χ3n) is 2.09. The molecule has 0 aromatic heterocycles. The van der Waals surface area contributed by atoms with E-state index in [0.717, 1.165) is 12.8 Å². The second kappa shape index (κ2) is 3.40. The average molecular weight is 156 g/mol. The minimum atomic E-state index is 1.16. The average Bonchev–Trinajstić information content (AvgIpc) is 2.06. The van der Waals surface area contributed by atoms with Crippen LogP contribution in [0.25, 0.3) is 12.2 Å². The van der Waals surface area contributed by atoms with Crippen molar-refractivity contribution in [1.82, 2.24) is 0 Å². The van der Waals surface area contributed by atoms with E-state index in [1.165, 1.54) is 11.1 Å². The number of fused-ring (bicyclic) bond motifs is 1. The predicted octanol–water partition coefficient (Wildman–Crippen LogP) is 3.51. The van der Waals surface area contributed by atoms with E-state index in [1.807, 2.05) is 0 Å². The number of hydrogen-bond donors (Lipinski definition) is 0. The molecule has 1 aromatic rings. The van der Waals surface area contributed by atoms with Crippen molar-refractivity contribution in [2.45, 2.75) is 12.8 Å². The lowest BCUT2D eigenvalue weighted by Gasteiger charge is -2.02. The lowest BCUT2D eigenvalue weighted by atomic mass is 10.0. The molecule has 0 unspecified atom stereocenters. The zero-order valence-electron chi connectivity index (χ0n) is 7.03. The fraction of sp³-hybridized carbons (Fsp3) is 0.167. The van der Waals surface area contributed by atoms with Crippen LogP contribution < -0.4 is 0 Å². The summed E-state index contributed by atoms with van der Waals surface area (Å²) in [5.74, 6) is 0. The fourth-order valence-electron chi connectivity index (χ4n) is 1.43. The first-order valence-electron chi connectivity index (χ1n) is 4.39. The van der Waals surface area contributed by atoms with E-state index < -0.39 is 0 Å². The van der Waals surface area contributed by atoms with Crippen molar-refractivity contribution in [2.75, 3.05) is 0 Å². The summed E-state index contributed by atoms with van der Waals surface area (Å²) in [5.41, 5.74) is 2.65. The van der Waals surface area contributed by atoms with Crippen LogP contribution in [-0.4, -0.2) is 0 Å². The van der Waals surface area contributed by atoms with Gasteiger partial charge in [0.05, 0.1) is 0 Å². The first kappa shape index (κ1) is 7.35. The second-order valence-electron chi connectivity index (χ2n) is 3.01. The molecule has 0 saturated heterocycles. The van der Waals surface area contributed by atoms with Crippen molar-refractivity contribution in [3.63, 3.8) is 0 Å². The number of allylic oxidation sites excluding steroid dienone is 2. The summed E-state index contributed by atoms with van der Waals surface area (Å²) in [6, 6.07) is 8.47. The molecular formula is C12H12. The summed E-state index contributed by atoms with van der Waals surface area (Å²) in [4.78, 5) is 0. The Kier molecular flexibility index (Phi) is 2.08. The Hall–Kier alpha value is -1.30. The Morgan fingerprint density at radius 3 is 1.75 bits per heavy atom. The van der Waals surface area contributed by atoms with Gasteiger partial charge in [0.15, 0.2) is 0 Å². The highest BCUT2D eigenvalue weighted by atomic mass is 14.0. The molecule has 12 heavy (non-hydrogen) atoms. The van der Waals surface area contributed by atoms with Gasteiger partial charge in [-0.05, 0) is 24.0 Å². The molecule has 0 aliphatic heterocycles. The van der Waals surface area contributed by atoms with E-state index in [0.29, 0.717) is 0 Å². The highest BCUT2D eigenvalue weighted by Gasteiger charge is 1.94. The molecule has 0 bridgehead atoms. The number of benzene rings is 1. The Bertz CT molecular complexity index is 286. The van der Waals surface area contributed by atoms with Crippen molar-refractivity contribution >= 4 is 12.2 Å². The minimum absolute atomic E-state index is 1.16. The van der Waals surface area contributed by atoms with Crippen LogP contribution in [0.5, 0.6) is 0 Å². The highest BCUT2D eigenvalue weighted by molar-refractivity contribution is 5.65. The van der Waals surface area contributed by atoms with Crippen LogP contribution in [-0.2, 0) is 0 Å². The van der Waals surface area contributed by atoms with Crippen LogP contribution in [0.4, 0.5) is 0 Å². The summed E-state index contributed by atoms with van der Waals surface area (Å²) in [6.45, 7) is 0. The van der Waals surface area contributed by atoms with E-state index in [2.05, 4.69) is 48.6 Å². The smallest absolute Gasteiger partial charge is 0.0187 e. The van der Waals surface area contributed by atoms with Gasteiger partial charge in [-0.1, -0.05) is 48.6 Å². The van der Waals surface area contributed by atoms with E-state index in [1.54, 1.807) is 0 Å². The molecule has 2 rings (SSSR count). The summed E-state index contributed by atoms with van der Waals surface area (Å²) in [7, 11) is 0. The first-order valence-corrected chi connectivity index (χ1v) is 4.39. The van der Waals surface area contributed by atoms with Crippen LogP contribution in [0.15, 0.2) is 36.4 Å². The molecule has 1 aromatic carbocycles. The quantitative estimate of drug-likeness (QED) is 0.539. The van der Waals surface area contributed by atoms with Gasteiger partial charge < -0.3 is 0 Å². The maximum absolute atomic E-state index is 2.24. The van der Waals surface area contributed by atoms with Gasteiger partial charge in [-0.3, -0.25) is 0 Å². The second-order valence-corrected chi connectivity index (χ2v) is 3.01. The molecule has 0 fully saturated rings. The largest absolute Gasteiger partial charge is 0.0836 e. The molecule has 0 N–H and O–H groups in total. The molecule has 0 heteroatoms. The van der Waals surface area contributed by atoms with Crippen LogP contribution in [0.1, 0.15) is 24.0 Å². The Balaban J connectivity index is 2.48. The van der Waals surface area contributed by atoms with Gasteiger partial charge in [-0.2, -0.15) is 0 Å². The van der Waals surface area contributed by atoms with Gasteiger partial charge in [0, 0.05) is 0 Å². The molecule has 0 nitrogen and oxygen atoms in total. The minimum Gasteiger partial charge on any atom is -0.0836 e. The third kappa shape index (κ3) is 1.48. The summed E-state index contributed by atoms with van der Waals surface area (Å²) >= 11 is 0. The maximum Gasteiger partial charge on any atom is -0.0187 e. The Morgan fingerprint density at radius 1 is 0.750 bits per heavy atom. The summed E-state index contributed by atoms with van der Waals surface area (Å²) in [5, 5.41) is 0. The predicted molar refractivity (Wildman–Crippen MR) is 53.7 cm³/mol. The van der Waals surface area contributed by atoms with E-state index in [4.69, 9.17) is 0 Å². The molecule has 0 heterocycles. The van der Waals surface area contributed by atoms with Crippen molar-refractivity contribution in [1.29, 1.82) is 0 Å². The van der Waals surface area contributed by atoms with Gasteiger partial charge in [0.1, 0.15) is 0 Å². The first-order chi connectivity index (χ1) is 5.97. The van der Waals surface area contributed by atoms with E-state index in [-0.39, 0.29) is 0 Å². The summed E-state index contributed by atoms with van der Waals surface area (Å²) in [6.07, 6.45) is 11.2. The van der Waals surface area contributed by atoms with Crippen molar-refractivity contribution in [2.24, 2.45) is 0 Å². The maximum atomic E-state index is 2.24. The van der Waals surface area contributed by atoms with Crippen LogP contribution >= 0.6 is 0 Å². The van der Waals surface area contributed by atoms with Crippen LogP contribution in [0, 0.1) is 0 Å². The van der Waals surface area contributed by atoms with Gasteiger partial charge in [-0.25, -0.2) is 0 Å². The summed E-state index contributed by atoms with van der Waals surface area (Å²) < 4.78 is 0. The molecular weight excluding hydrogens is 144 g/mol. The van der Waals surface area contributed by atoms with Gasteiger partial charge >= 0.3 is 0 Å². The number of hydrogen-bond acceptors (Lipinski definition) is 0. The van der Waals surface area contributed by atoms with Crippen molar-refractivity contribution < 1.29 is 0 Å².